The van der Waals surface area contributed by atoms with E-state index in [1.807, 2.05) is 30.3 Å². The van der Waals surface area contributed by atoms with Gasteiger partial charge in [-0.2, -0.15) is 0 Å². The number of esters is 1. The van der Waals surface area contributed by atoms with Crippen molar-refractivity contribution in [3.05, 3.63) is 58.5 Å². The van der Waals surface area contributed by atoms with Gasteiger partial charge in [0.25, 0.3) is 5.91 Å². The van der Waals surface area contributed by atoms with E-state index in [0.717, 1.165) is 5.56 Å². The van der Waals surface area contributed by atoms with Crippen LogP contribution in [0.3, 0.4) is 0 Å². The highest BCUT2D eigenvalue weighted by molar-refractivity contribution is 9.10. The minimum absolute atomic E-state index is 0.123. The lowest BCUT2D eigenvalue weighted by Crippen LogP contribution is -2.35. The molecule has 0 spiro atoms. The van der Waals surface area contributed by atoms with Gasteiger partial charge in [-0.15, -0.1) is 0 Å². The number of methoxy groups -OCH3 is 1. The number of ether oxygens (including phenoxy) is 1. The number of hydrogen-bond donors (Lipinski definition) is 0. The number of benzene rings is 1. The second-order valence-corrected chi connectivity index (χ2v) is 5.05. The minimum atomic E-state index is -0.473. The third kappa shape index (κ3) is 3.95. The molecule has 2 aromatic rings. The first-order valence-electron chi connectivity index (χ1n) is 6.25. The maximum atomic E-state index is 12.5. The standard InChI is InChI=1S/C15H14BrNO4/c1-20-13(18)10-17(9-11-5-3-2-4-6-11)15(19)12-7-8-21-14(12)16/h2-8H,9-10H2,1H3. The summed E-state index contributed by atoms with van der Waals surface area (Å²) in [5.41, 5.74) is 1.30. The summed E-state index contributed by atoms with van der Waals surface area (Å²) in [5, 5.41) is 0. The molecule has 0 saturated heterocycles. The summed E-state index contributed by atoms with van der Waals surface area (Å²) in [4.78, 5) is 25.4. The van der Waals surface area contributed by atoms with Gasteiger partial charge < -0.3 is 14.1 Å². The van der Waals surface area contributed by atoms with E-state index in [1.165, 1.54) is 18.3 Å². The molecule has 0 atom stereocenters. The summed E-state index contributed by atoms with van der Waals surface area (Å²) in [6, 6.07) is 11.0. The Hall–Kier alpha value is -2.08. The molecule has 1 aromatic heterocycles. The molecule has 1 aromatic carbocycles. The summed E-state index contributed by atoms with van der Waals surface area (Å²) in [6.45, 7) is 0.189. The molecule has 2 rings (SSSR count). The van der Waals surface area contributed by atoms with Crippen LogP contribution in [0.1, 0.15) is 15.9 Å². The molecule has 6 heteroatoms. The zero-order chi connectivity index (χ0) is 15.2. The molecule has 0 aliphatic rings. The average Bonchev–Trinajstić information content (AvgIpc) is 2.93. The molecule has 0 aliphatic heterocycles. The Labute approximate surface area is 130 Å². The van der Waals surface area contributed by atoms with Crippen LogP contribution in [0.25, 0.3) is 0 Å². The number of hydrogen-bond acceptors (Lipinski definition) is 4. The Balaban J connectivity index is 2.21. The van der Waals surface area contributed by atoms with Crippen LogP contribution in [0.15, 0.2) is 51.7 Å². The molecule has 110 valence electrons. The molecule has 0 bridgehead atoms. The summed E-state index contributed by atoms with van der Waals surface area (Å²) in [5.74, 6) is -0.774. The van der Waals surface area contributed by atoms with Crippen molar-refractivity contribution in [3.63, 3.8) is 0 Å². The van der Waals surface area contributed by atoms with Crippen molar-refractivity contribution in [3.8, 4) is 0 Å². The molecule has 5 nitrogen and oxygen atoms in total. The molecule has 0 N–H and O–H groups in total. The van der Waals surface area contributed by atoms with Crippen LogP contribution in [0.4, 0.5) is 0 Å². The number of rotatable bonds is 5. The number of furan rings is 1. The fraction of sp³-hybridized carbons (Fsp3) is 0.200. The van der Waals surface area contributed by atoms with Gasteiger partial charge in [0.1, 0.15) is 6.54 Å². The lowest BCUT2D eigenvalue weighted by molar-refractivity contribution is -0.141. The Kier molecular flexibility index (Phi) is 5.16. The van der Waals surface area contributed by atoms with Gasteiger partial charge in [0.05, 0.1) is 18.9 Å². The molecule has 21 heavy (non-hydrogen) atoms. The highest BCUT2D eigenvalue weighted by atomic mass is 79.9. The second-order valence-electron chi connectivity index (χ2n) is 4.33. The van der Waals surface area contributed by atoms with Gasteiger partial charge in [0, 0.05) is 6.54 Å². The van der Waals surface area contributed by atoms with Gasteiger partial charge in [-0.1, -0.05) is 30.3 Å². The number of amides is 1. The van der Waals surface area contributed by atoms with Crippen molar-refractivity contribution in [1.29, 1.82) is 0 Å². The van der Waals surface area contributed by atoms with E-state index in [-0.39, 0.29) is 12.5 Å². The first-order chi connectivity index (χ1) is 10.1. The Bertz CT molecular complexity index is 624. The summed E-state index contributed by atoms with van der Waals surface area (Å²) in [7, 11) is 1.29. The third-order valence-electron chi connectivity index (χ3n) is 2.90. The molecule has 0 aliphatic carbocycles. The predicted octanol–water partition coefficient (Wildman–Crippen LogP) is 2.86. The van der Waals surface area contributed by atoms with E-state index in [0.29, 0.717) is 16.8 Å². The average molecular weight is 352 g/mol. The fourth-order valence-electron chi connectivity index (χ4n) is 1.84. The van der Waals surface area contributed by atoms with E-state index in [1.54, 1.807) is 6.07 Å². The predicted molar refractivity (Wildman–Crippen MR) is 79.6 cm³/mol. The molecule has 0 unspecified atom stereocenters. The molecule has 0 fully saturated rings. The maximum absolute atomic E-state index is 12.5. The van der Waals surface area contributed by atoms with Gasteiger partial charge >= 0.3 is 5.97 Å². The fourth-order valence-corrected chi connectivity index (χ4v) is 2.25. The molecule has 1 heterocycles. The first-order valence-corrected chi connectivity index (χ1v) is 7.04. The summed E-state index contributed by atoms with van der Waals surface area (Å²) in [6.07, 6.45) is 1.41. The third-order valence-corrected chi connectivity index (χ3v) is 3.51. The topological polar surface area (TPSA) is 59.8 Å². The first kappa shape index (κ1) is 15.3. The Morgan fingerprint density at radius 2 is 1.95 bits per heavy atom. The van der Waals surface area contributed by atoms with Gasteiger partial charge in [-0.05, 0) is 27.6 Å². The van der Waals surface area contributed by atoms with Crippen molar-refractivity contribution >= 4 is 27.8 Å². The van der Waals surface area contributed by atoms with E-state index in [4.69, 9.17) is 4.42 Å². The van der Waals surface area contributed by atoms with Crippen molar-refractivity contribution < 1.29 is 18.7 Å². The molecular formula is C15H14BrNO4. The van der Waals surface area contributed by atoms with Crippen LogP contribution >= 0.6 is 15.9 Å². The van der Waals surface area contributed by atoms with E-state index < -0.39 is 5.97 Å². The quantitative estimate of drug-likeness (QED) is 0.777. The summed E-state index contributed by atoms with van der Waals surface area (Å²) >= 11 is 3.17. The highest BCUT2D eigenvalue weighted by Crippen LogP contribution is 2.20. The summed E-state index contributed by atoms with van der Waals surface area (Å²) < 4.78 is 10.1. The zero-order valence-electron chi connectivity index (χ0n) is 11.4. The number of carbonyl (C=O) groups excluding carboxylic acids is 2. The van der Waals surface area contributed by atoms with Crippen LogP contribution < -0.4 is 0 Å². The Morgan fingerprint density at radius 1 is 1.24 bits per heavy atom. The van der Waals surface area contributed by atoms with E-state index in [2.05, 4.69) is 20.7 Å². The van der Waals surface area contributed by atoms with Gasteiger partial charge in [-0.3, -0.25) is 9.59 Å². The lowest BCUT2D eigenvalue weighted by Gasteiger charge is -2.21. The highest BCUT2D eigenvalue weighted by Gasteiger charge is 2.22. The van der Waals surface area contributed by atoms with Crippen LogP contribution in [0, 0.1) is 0 Å². The minimum Gasteiger partial charge on any atom is -0.468 e. The van der Waals surface area contributed by atoms with Crippen LogP contribution in [-0.2, 0) is 16.1 Å². The second kappa shape index (κ2) is 7.08. The van der Waals surface area contributed by atoms with Crippen LogP contribution in [0.2, 0.25) is 0 Å². The normalized spacial score (nSPS) is 10.2. The SMILES string of the molecule is COC(=O)CN(Cc1ccccc1)C(=O)c1ccoc1Br. The number of carbonyl (C=O) groups is 2. The molecule has 0 saturated carbocycles. The molecular weight excluding hydrogens is 338 g/mol. The van der Waals surface area contributed by atoms with Crippen molar-refractivity contribution in [1.82, 2.24) is 4.90 Å². The smallest absolute Gasteiger partial charge is 0.325 e. The van der Waals surface area contributed by atoms with Crippen LogP contribution in [-0.4, -0.2) is 30.4 Å². The zero-order valence-corrected chi connectivity index (χ0v) is 13.0. The maximum Gasteiger partial charge on any atom is 0.325 e. The van der Waals surface area contributed by atoms with E-state index in [9.17, 15) is 9.59 Å². The van der Waals surface area contributed by atoms with Crippen molar-refractivity contribution in [2.45, 2.75) is 6.54 Å². The number of halogens is 1. The van der Waals surface area contributed by atoms with Crippen molar-refractivity contribution in [2.24, 2.45) is 0 Å². The van der Waals surface area contributed by atoms with Crippen molar-refractivity contribution in [2.75, 3.05) is 13.7 Å². The van der Waals surface area contributed by atoms with E-state index >= 15 is 0 Å². The van der Waals surface area contributed by atoms with Gasteiger partial charge in [-0.25, -0.2) is 0 Å². The molecule has 1 amide bonds. The molecule has 0 radical (unpaired) electrons. The van der Waals surface area contributed by atoms with Gasteiger partial charge in [0.15, 0.2) is 4.67 Å². The largest absolute Gasteiger partial charge is 0.468 e. The Morgan fingerprint density at radius 3 is 2.52 bits per heavy atom. The lowest BCUT2D eigenvalue weighted by atomic mass is 10.2. The van der Waals surface area contributed by atoms with Crippen LogP contribution in [0.5, 0.6) is 0 Å². The van der Waals surface area contributed by atoms with Gasteiger partial charge in [0.2, 0.25) is 0 Å². The number of nitrogens with zero attached hydrogens (tertiary/aromatic N) is 1. The monoisotopic (exact) mass is 351 g/mol.